The smallest absolute Gasteiger partial charge is 0.291 e. The number of hydrogen-bond donors (Lipinski definition) is 2. The van der Waals surface area contributed by atoms with Crippen LogP contribution in [0.15, 0.2) is 46.9 Å². The van der Waals surface area contributed by atoms with Crippen molar-refractivity contribution in [2.45, 2.75) is 31.8 Å². The van der Waals surface area contributed by atoms with Crippen molar-refractivity contribution in [2.75, 3.05) is 5.32 Å². The Labute approximate surface area is 200 Å². The predicted octanol–water partition coefficient (Wildman–Crippen LogP) is 5.77. The van der Waals surface area contributed by atoms with Crippen LogP contribution in [0.3, 0.4) is 0 Å². The molecule has 7 nitrogen and oxygen atoms in total. The highest BCUT2D eigenvalue weighted by Gasteiger charge is 2.32. The molecular weight excluding hydrogens is 483 g/mol. The Bertz CT molecular complexity index is 1430. The third-order valence-corrected chi connectivity index (χ3v) is 6.59. The number of hydrogen-bond acceptors (Lipinski definition) is 6. The Morgan fingerprint density at radius 2 is 1.94 bits per heavy atom. The highest BCUT2D eigenvalue weighted by atomic mass is 32.1. The van der Waals surface area contributed by atoms with Gasteiger partial charge in [0.15, 0.2) is 5.76 Å². The van der Waals surface area contributed by atoms with Crippen molar-refractivity contribution in [1.82, 2.24) is 4.98 Å². The van der Waals surface area contributed by atoms with E-state index < -0.39 is 24.1 Å². The standard InChI is InChI=1S/C24H18F3N3O4S/c25-12-3-5-13(6-4-12)33-10-14-7-8-17(34-14)23(32)30-19-18-15(11-1-2-11)9-16(21(26)27)29-24(18)35-20(19)22(28)31/h3-9,11,21H,1-2,10H2,(H2,28,31)(H,30,32). The van der Waals surface area contributed by atoms with E-state index in [2.05, 4.69) is 10.3 Å². The lowest BCUT2D eigenvalue weighted by Gasteiger charge is -2.09. The number of furan rings is 1. The number of rotatable bonds is 8. The molecule has 0 aliphatic heterocycles. The lowest BCUT2D eigenvalue weighted by atomic mass is 10.0. The summed E-state index contributed by atoms with van der Waals surface area (Å²) in [4.78, 5) is 29.3. The average Bonchev–Trinajstić information content (AvgIpc) is 3.45. The van der Waals surface area contributed by atoms with E-state index in [9.17, 15) is 22.8 Å². The zero-order valence-electron chi connectivity index (χ0n) is 18.0. The number of anilines is 1. The summed E-state index contributed by atoms with van der Waals surface area (Å²) < 4.78 is 50.9. The molecule has 3 heterocycles. The number of benzene rings is 1. The zero-order chi connectivity index (χ0) is 24.7. The van der Waals surface area contributed by atoms with E-state index in [0.717, 1.165) is 24.2 Å². The largest absolute Gasteiger partial charge is 0.486 e. The second kappa shape index (κ2) is 9.06. The molecule has 1 aliphatic carbocycles. The van der Waals surface area contributed by atoms with Crippen LogP contribution < -0.4 is 15.8 Å². The maximum atomic E-state index is 13.4. The van der Waals surface area contributed by atoms with E-state index in [-0.39, 0.29) is 39.4 Å². The molecule has 0 spiro atoms. The van der Waals surface area contributed by atoms with Crippen LogP contribution in [0.2, 0.25) is 0 Å². The van der Waals surface area contributed by atoms with E-state index in [1.807, 2.05) is 0 Å². The third kappa shape index (κ3) is 4.72. The first-order chi connectivity index (χ1) is 16.8. The van der Waals surface area contributed by atoms with E-state index in [4.69, 9.17) is 14.9 Å². The van der Waals surface area contributed by atoms with Crippen molar-refractivity contribution in [3.8, 4) is 5.75 Å². The lowest BCUT2D eigenvalue weighted by molar-refractivity contribution is 0.0992. The molecule has 0 bridgehead atoms. The molecule has 3 aromatic heterocycles. The Morgan fingerprint density at radius 1 is 1.20 bits per heavy atom. The van der Waals surface area contributed by atoms with Crippen molar-refractivity contribution < 1.29 is 31.9 Å². The van der Waals surface area contributed by atoms with E-state index >= 15 is 0 Å². The number of fused-ring (bicyclic) bond motifs is 1. The summed E-state index contributed by atoms with van der Waals surface area (Å²) >= 11 is 0.861. The van der Waals surface area contributed by atoms with Crippen LogP contribution in [0.5, 0.6) is 5.75 Å². The maximum Gasteiger partial charge on any atom is 0.291 e. The van der Waals surface area contributed by atoms with Crippen molar-refractivity contribution >= 4 is 39.1 Å². The van der Waals surface area contributed by atoms with E-state index in [1.54, 1.807) is 6.07 Å². The van der Waals surface area contributed by atoms with Gasteiger partial charge in [0.05, 0.1) is 5.69 Å². The molecule has 1 aliphatic rings. The minimum atomic E-state index is -2.77. The normalized spacial score (nSPS) is 13.4. The molecule has 11 heteroatoms. The molecule has 4 aromatic rings. The van der Waals surface area contributed by atoms with Gasteiger partial charge in [0, 0.05) is 5.39 Å². The quantitative estimate of drug-likeness (QED) is 0.319. The first-order valence-electron chi connectivity index (χ1n) is 10.6. The van der Waals surface area contributed by atoms with Crippen LogP contribution in [0, 0.1) is 5.82 Å². The minimum Gasteiger partial charge on any atom is -0.486 e. The number of nitrogens with zero attached hydrogens (tertiary/aromatic N) is 1. The Balaban J connectivity index is 1.42. The number of carbonyl (C=O) groups is 2. The van der Waals surface area contributed by atoms with Gasteiger partial charge in [0.25, 0.3) is 18.2 Å². The van der Waals surface area contributed by atoms with Crippen molar-refractivity contribution in [3.05, 3.63) is 75.9 Å². The number of halogens is 3. The summed E-state index contributed by atoms with van der Waals surface area (Å²) in [5, 5.41) is 3.10. The number of aromatic nitrogens is 1. The second-order valence-electron chi connectivity index (χ2n) is 8.02. The Hall–Kier alpha value is -3.86. The average molecular weight is 501 g/mol. The number of thiophene rings is 1. The number of pyridine rings is 1. The molecule has 3 N–H and O–H groups in total. The number of amides is 2. The molecular formula is C24H18F3N3O4S. The summed E-state index contributed by atoms with van der Waals surface area (Å²) in [5.41, 5.74) is 5.88. The maximum absolute atomic E-state index is 13.4. The van der Waals surface area contributed by atoms with Crippen LogP contribution in [-0.4, -0.2) is 16.8 Å². The molecule has 0 unspecified atom stereocenters. The molecule has 5 rings (SSSR count). The van der Waals surface area contributed by atoms with Gasteiger partial charge in [-0.2, -0.15) is 0 Å². The number of carbonyl (C=O) groups excluding carboxylic acids is 2. The molecule has 1 aromatic carbocycles. The first kappa shape index (κ1) is 22.9. The SMILES string of the molecule is NC(=O)c1sc2nc(C(F)F)cc(C3CC3)c2c1NC(=O)c1ccc(COc2ccc(F)cc2)o1. The van der Waals surface area contributed by atoms with Crippen LogP contribution in [0.4, 0.5) is 18.9 Å². The fraction of sp³-hybridized carbons (Fsp3) is 0.208. The number of alkyl halides is 2. The molecule has 1 saturated carbocycles. The van der Waals surface area contributed by atoms with Crippen molar-refractivity contribution in [3.63, 3.8) is 0 Å². The van der Waals surface area contributed by atoms with Crippen LogP contribution in [-0.2, 0) is 6.61 Å². The molecule has 2 amide bonds. The number of nitrogens with two attached hydrogens (primary N) is 1. The fourth-order valence-corrected chi connectivity index (χ4v) is 4.73. The fourth-order valence-electron chi connectivity index (χ4n) is 3.71. The van der Waals surface area contributed by atoms with E-state index in [1.165, 1.54) is 36.4 Å². The van der Waals surface area contributed by atoms with Gasteiger partial charge in [-0.3, -0.25) is 9.59 Å². The Kier molecular flexibility index (Phi) is 5.93. The molecule has 0 atom stereocenters. The van der Waals surface area contributed by atoms with Gasteiger partial charge in [-0.05, 0) is 66.8 Å². The topological polar surface area (TPSA) is 107 Å². The van der Waals surface area contributed by atoms with Crippen molar-refractivity contribution in [1.29, 1.82) is 0 Å². The van der Waals surface area contributed by atoms with Gasteiger partial charge < -0.3 is 20.2 Å². The molecule has 0 radical (unpaired) electrons. The number of ether oxygens (including phenoxy) is 1. The summed E-state index contributed by atoms with van der Waals surface area (Å²) in [5.74, 6) is -1.10. The van der Waals surface area contributed by atoms with Crippen LogP contribution >= 0.6 is 11.3 Å². The van der Waals surface area contributed by atoms with Crippen LogP contribution in [0.1, 0.15) is 62.4 Å². The minimum absolute atomic E-state index is 0.00101. The Morgan fingerprint density at radius 3 is 2.60 bits per heavy atom. The van der Waals surface area contributed by atoms with Gasteiger partial charge >= 0.3 is 0 Å². The number of nitrogens with one attached hydrogen (secondary N) is 1. The molecule has 0 saturated heterocycles. The van der Waals surface area contributed by atoms with Gasteiger partial charge in [-0.15, -0.1) is 11.3 Å². The summed E-state index contributed by atoms with van der Waals surface area (Å²) in [6, 6.07) is 9.75. The molecule has 35 heavy (non-hydrogen) atoms. The highest BCUT2D eigenvalue weighted by Crippen LogP contribution is 2.48. The second-order valence-corrected chi connectivity index (χ2v) is 9.02. The van der Waals surface area contributed by atoms with Gasteiger partial charge in [0.2, 0.25) is 0 Å². The lowest BCUT2D eigenvalue weighted by Crippen LogP contribution is -2.16. The van der Waals surface area contributed by atoms with Gasteiger partial charge in [0.1, 0.15) is 39.3 Å². The molecule has 180 valence electrons. The van der Waals surface area contributed by atoms with Crippen molar-refractivity contribution in [2.24, 2.45) is 5.73 Å². The predicted molar refractivity (Wildman–Crippen MR) is 122 cm³/mol. The molecule has 1 fully saturated rings. The first-order valence-corrected chi connectivity index (χ1v) is 11.5. The highest BCUT2D eigenvalue weighted by molar-refractivity contribution is 7.21. The van der Waals surface area contributed by atoms with Crippen LogP contribution in [0.25, 0.3) is 10.2 Å². The van der Waals surface area contributed by atoms with Gasteiger partial charge in [-0.25, -0.2) is 18.2 Å². The van der Waals surface area contributed by atoms with E-state index in [0.29, 0.717) is 22.5 Å². The summed E-state index contributed by atoms with van der Waals surface area (Å²) in [6.45, 7) is -0.00101. The zero-order valence-corrected chi connectivity index (χ0v) is 18.8. The summed E-state index contributed by atoms with van der Waals surface area (Å²) in [7, 11) is 0. The van der Waals surface area contributed by atoms with Gasteiger partial charge in [-0.1, -0.05) is 0 Å². The third-order valence-electron chi connectivity index (χ3n) is 5.50. The summed E-state index contributed by atoms with van der Waals surface area (Å²) in [6.07, 6.45) is -1.15. The number of primary amides is 1. The monoisotopic (exact) mass is 501 g/mol.